The van der Waals surface area contributed by atoms with Gasteiger partial charge in [-0.05, 0) is 34.0 Å². The Morgan fingerprint density at radius 3 is 2.73 bits per heavy atom. The molecule has 8 heteroatoms. The highest BCUT2D eigenvalue weighted by molar-refractivity contribution is 7.08. The second-order valence-corrected chi connectivity index (χ2v) is 6.99. The first kappa shape index (κ1) is 18.4. The van der Waals surface area contributed by atoms with Crippen molar-refractivity contribution in [3.63, 3.8) is 0 Å². The fourth-order valence-electron chi connectivity index (χ4n) is 3.02. The number of hydrogen-bond donors (Lipinski definition) is 1. The fourth-order valence-corrected chi connectivity index (χ4v) is 3.69. The number of rotatable bonds is 5. The highest BCUT2D eigenvalue weighted by Crippen LogP contribution is 2.32. The molecule has 1 aromatic heterocycles. The average Bonchev–Trinajstić information content (AvgIpc) is 3.17. The molecule has 0 unspecified atom stereocenters. The number of carbonyl (C=O) groups is 2. The Hall–Kier alpha value is -2.35. The lowest BCUT2D eigenvalue weighted by molar-refractivity contribution is -0.139. The number of halogens is 3. The van der Waals surface area contributed by atoms with Crippen LogP contribution < -0.4 is 5.32 Å². The summed E-state index contributed by atoms with van der Waals surface area (Å²) in [7, 11) is 0. The Balaban J connectivity index is 1.61. The van der Waals surface area contributed by atoms with Gasteiger partial charge in [0.2, 0.25) is 11.8 Å². The normalized spacial score (nSPS) is 17.6. The van der Waals surface area contributed by atoms with Crippen molar-refractivity contribution in [1.29, 1.82) is 0 Å². The van der Waals surface area contributed by atoms with Gasteiger partial charge in [0.15, 0.2) is 0 Å². The molecule has 0 saturated carbocycles. The van der Waals surface area contributed by atoms with E-state index in [0.29, 0.717) is 0 Å². The monoisotopic (exact) mass is 382 g/mol. The van der Waals surface area contributed by atoms with Crippen molar-refractivity contribution in [3.8, 4) is 0 Å². The quantitative estimate of drug-likeness (QED) is 0.863. The lowest BCUT2D eigenvalue weighted by Gasteiger charge is -2.20. The molecule has 1 saturated heterocycles. The summed E-state index contributed by atoms with van der Waals surface area (Å²) in [6.45, 7) is 0.0891. The van der Waals surface area contributed by atoms with Gasteiger partial charge in [0, 0.05) is 19.5 Å². The van der Waals surface area contributed by atoms with Crippen molar-refractivity contribution in [2.75, 3.05) is 6.54 Å². The van der Waals surface area contributed by atoms with Crippen LogP contribution >= 0.6 is 11.3 Å². The number of alkyl halides is 3. The highest BCUT2D eigenvalue weighted by atomic mass is 32.1. The van der Waals surface area contributed by atoms with Gasteiger partial charge < -0.3 is 10.2 Å². The molecule has 4 nitrogen and oxygen atoms in total. The third-order valence-corrected chi connectivity index (χ3v) is 4.94. The van der Waals surface area contributed by atoms with Gasteiger partial charge in [-0.25, -0.2) is 0 Å². The molecular formula is C18H17F3N2O2S. The Kier molecular flexibility index (Phi) is 5.31. The number of thiophene rings is 1. The number of hydrogen-bond acceptors (Lipinski definition) is 3. The smallest absolute Gasteiger partial charge is 0.351 e. The van der Waals surface area contributed by atoms with E-state index in [1.54, 1.807) is 0 Å². The fraction of sp³-hybridized carbons (Fsp3) is 0.333. The molecule has 0 radical (unpaired) electrons. The standard InChI is InChI=1S/C18H17F3N2O2S/c19-18(20,21)15-4-2-1-3-13(15)9-23-10-14(8-17(23)25)22-16(24)7-12-5-6-26-11-12/h1-6,11,14H,7-10H2,(H,22,24)/t14-/m0/s1. The number of carbonyl (C=O) groups excluding carboxylic acids is 2. The van der Waals surface area contributed by atoms with Gasteiger partial charge in [-0.2, -0.15) is 24.5 Å². The maximum absolute atomic E-state index is 13.1. The van der Waals surface area contributed by atoms with Gasteiger partial charge in [-0.15, -0.1) is 0 Å². The highest BCUT2D eigenvalue weighted by Gasteiger charge is 2.35. The molecule has 1 atom stereocenters. The molecule has 1 N–H and O–H groups in total. The van der Waals surface area contributed by atoms with Crippen LogP contribution in [0.4, 0.5) is 13.2 Å². The summed E-state index contributed by atoms with van der Waals surface area (Å²) in [5, 5.41) is 6.54. The first-order chi connectivity index (χ1) is 12.3. The van der Waals surface area contributed by atoms with Crippen LogP contribution in [-0.2, 0) is 28.7 Å². The van der Waals surface area contributed by atoms with E-state index in [1.165, 1.54) is 34.4 Å². The largest absolute Gasteiger partial charge is 0.416 e. The molecule has 1 aliphatic rings. The second-order valence-electron chi connectivity index (χ2n) is 6.21. The summed E-state index contributed by atoms with van der Waals surface area (Å²) in [5.74, 6) is -0.457. The first-order valence-electron chi connectivity index (χ1n) is 8.06. The molecule has 1 fully saturated rings. The summed E-state index contributed by atoms with van der Waals surface area (Å²) in [5.41, 5.74) is 0.212. The minimum Gasteiger partial charge on any atom is -0.351 e. The van der Waals surface area contributed by atoms with Gasteiger partial charge in [0.1, 0.15) is 0 Å². The number of nitrogens with zero attached hydrogens (tertiary/aromatic N) is 1. The van der Waals surface area contributed by atoms with E-state index in [-0.39, 0.29) is 49.4 Å². The Morgan fingerprint density at radius 1 is 1.27 bits per heavy atom. The molecular weight excluding hydrogens is 365 g/mol. The lowest BCUT2D eigenvalue weighted by Crippen LogP contribution is -2.37. The van der Waals surface area contributed by atoms with Gasteiger partial charge in [-0.3, -0.25) is 9.59 Å². The van der Waals surface area contributed by atoms with Crippen molar-refractivity contribution < 1.29 is 22.8 Å². The molecule has 138 valence electrons. The predicted molar refractivity (Wildman–Crippen MR) is 91.4 cm³/mol. The lowest BCUT2D eigenvalue weighted by atomic mass is 10.1. The Bertz CT molecular complexity index is 790. The Morgan fingerprint density at radius 2 is 2.04 bits per heavy atom. The van der Waals surface area contributed by atoms with E-state index in [1.807, 2.05) is 16.8 Å². The van der Waals surface area contributed by atoms with E-state index >= 15 is 0 Å². The Labute approximate surface area is 152 Å². The van der Waals surface area contributed by atoms with E-state index in [0.717, 1.165) is 11.6 Å². The third-order valence-electron chi connectivity index (χ3n) is 4.21. The third kappa shape index (κ3) is 4.43. The number of nitrogens with one attached hydrogen (secondary N) is 1. The summed E-state index contributed by atoms with van der Waals surface area (Å²) in [6, 6.07) is 6.70. The topological polar surface area (TPSA) is 49.4 Å². The zero-order valence-electron chi connectivity index (χ0n) is 13.8. The molecule has 0 bridgehead atoms. The molecule has 3 rings (SSSR count). The molecule has 26 heavy (non-hydrogen) atoms. The summed E-state index contributed by atoms with van der Waals surface area (Å²) in [6.07, 6.45) is -4.14. The van der Waals surface area contributed by atoms with Crippen molar-refractivity contribution in [3.05, 3.63) is 57.8 Å². The van der Waals surface area contributed by atoms with Crippen molar-refractivity contribution in [1.82, 2.24) is 10.2 Å². The van der Waals surface area contributed by atoms with Gasteiger partial charge in [-0.1, -0.05) is 18.2 Å². The zero-order valence-corrected chi connectivity index (χ0v) is 14.6. The minimum absolute atomic E-state index is 0.0543. The van der Waals surface area contributed by atoms with Crippen molar-refractivity contribution in [2.24, 2.45) is 0 Å². The molecule has 2 heterocycles. The van der Waals surface area contributed by atoms with Crippen LogP contribution in [-0.4, -0.2) is 29.3 Å². The number of amides is 2. The summed E-state index contributed by atoms with van der Waals surface area (Å²) >= 11 is 1.50. The van der Waals surface area contributed by atoms with E-state index < -0.39 is 11.7 Å². The van der Waals surface area contributed by atoms with E-state index in [4.69, 9.17) is 0 Å². The molecule has 1 aliphatic heterocycles. The van der Waals surface area contributed by atoms with Gasteiger partial charge >= 0.3 is 6.18 Å². The van der Waals surface area contributed by atoms with Gasteiger partial charge in [0.05, 0.1) is 18.0 Å². The van der Waals surface area contributed by atoms with Crippen LogP contribution in [0.3, 0.4) is 0 Å². The SMILES string of the molecule is O=C(Cc1ccsc1)N[C@H]1CC(=O)N(Cc2ccccc2C(F)(F)F)C1. The summed E-state index contributed by atoms with van der Waals surface area (Å²) < 4.78 is 39.3. The summed E-state index contributed by atoms with van der Waals surface area (Å²) in [4.78, 5) is 25.5. The molecule has 2 amide bonds. The van der Waals surface area contributed by atoms with Crippen LogP contribution in [0, 0.1) is 0 Å². The van der Waals surface area contributed by atoms with Crippen molar-refractivity contribution in [2.45, 2.75) is 31.6 Å². The molecule has 2 aromatic rings. The van der Waals surface area contributed by atoms with Gasteiger partial charge in [0.25, 0.3) is 0 Å². The molecule has 0 aliphatic carbocycles. The average molecular weight is 382 g/mol. The van der Waals surface area contributed by atoms with Crippen molar-refractivity contribution >= 4 is 23.2 Å². The van der Waals surface area contributed by atoms with Crippen LogP contribution in [0.25, 0.3) is 0 Å². The predicted octanol–water partition coefficient (Wildman–Crippen LogP) is 3.23. The zero-order chi connectivity index (χ0) is 18.7. The van der Waals surface area contributed by atoms with Crippen LogP contribution in [0.15, 0.2) is 41.1 Å². The van der Waals surface area contributed by atoms with E-state index in [9.17, 15) is 22.8 Å². The maximum Gasteiger partial charge on any atom is 0.416 e. The van der Waals surface area contributed by atoms with Crippen LogP contribution in [0.1, 0.15) is 23.1 Å². The molecule has 0 spiro atoms. The number of benzene rings is 1. The van der Waals surface area contributed by atoms with E-state index in [2.05, 4.69) is 5.32 Å². The minimum atomic E-state index is -4.46. The number of likely N-dealkylation sites (tertiary alicyclic amines) is 1. The second kappa shape index (κ2) is 7.49. The van der Waals surface area contributed by atoms with Crippen LogP contribution in [0.2, 0.25) is 0 Å². The maximum atomic E-state index is 13.1. The first-order valence-corrected chi connectivity index (χ1v) is 9.00. The van der Waals surface area contributed by atoms with Crippen LogP contribution in [0.5, 0.6) is 0 Å². The molecule has 1 aromatic carbocycles.